The maximum atomic E-state index is 6.80. The molecule has 4 fully saturated rings. The number of aryl methyl sites for hydroxylation is 2. The first kappa shape index (κ1) is 13.8. The van der Waals surface area contributed by atoms with E-state index < -0.39 is 0 Å². The van der Waals surface area contributed by atoms with Crippen molar-refractivity contribution >= 4 is 0 Å². The van der Waals surface area contributed by atoms with Crippen LogP contribution in [0.25, 0.3) is 0 Å². The predicted octanol–water partition coefficient (Wildman–Crippen LogP) is 3.20. The van der Waals surface area contributed by atoms with Gasteiger partial charge in [-0.05, 0) is 74.2 Å². The molecule has 4 bridgehead atoms. The Morgan fingerprint density at radius 2 is 2.00 bits per heavy atom. The topological polar surface area (TPSA) is 43.8 Å². The van der Waals surface area contributed by atoms with Crippen molar-refractivity contribution in [3.05, 3.63) is 17.5 Å². The minimum Gasteiger partial charge on any atom is -0.327 e. The summed E-state index contributed by atoms with van der Waals surface area (Å²) < 4.78 is 2.03. The fraction of sp³-hybridized carbons (Fsp3) is 0.833. The maximum absolute atomic E-state index is 6.80. The lowest BCUT2D eigenvalue weighted by molar-refractivity contribution is -0.112. The Morgan fingerprint density at radius 1 is 1.33 bits per heavy atom. The summed E-state index contributed by atoms with van der Waals surface area (Å²) in [6.07, 6.45) is 9.53. The molecule has 21 heavy (non-hydrogen) atoms. The molecule has 3 heteroatoms. The number of hydrogen-bond acceptors (Lipinski definition) is 2. The van der Waals surface area contributed by atoms with Crippen molar-refractivity contribution in [3.63, 3.8) is 0 Å². The van der Waals surface area contributed by atoms with E-state index in [2.05, 4.69) is 32.1 Å². The lowest BCUT2D eigenvalue weighted by Gasteiger charge is -2.63. The van der Waals surface area contributed by atoms with Crippen LogP contribution in [0.4, 0.5) is 0 Å². The lowest BCUT2D eigenvalue weighted by Crippen LogP contribution is -2.58. The Bertz CT molecular complexity index is 545. The number of aromatic nitrogens is 2. The molecule has 0 radical (unpaired) electrons. The Hall–Kier alpha value is -0.830. The zero-order valence-electron chi connectivity index (χ0n) is 13.7. The van der Waals surface area contributed by atoms with Gasteiger partial charge in [0.1, 0.15) is 0 Å². The molecule has 0 amide bonds. The summed E-state index contributed by atoms with van der Waals surface area (Å²) in [5.41, 5.74) is 10.2. The van der Waals surface area contributed by atoms with Gasteiger partial charge in [0.2, 0.25) is 0 Å². The van der Waals surface area contributed by atoms with Gasteiger partial charge in [-0.15, -0.1) is 0 Å². The Morgan fingerprint density at radius 3 is 2.52 bits per heavy atom. The van der Waals surface area contributed by atoms with Gasteiger partial charge in [0.15, 0.2) is 0 Å². The van der Waals surface area contributed by atoms with E-state index in [4.69, 9.17) is 5.73 Å². The van der Waals surface area contributed by atoms with Crippen LogP contribution in [0.3, 0.4) is 0 Å². The number of nitrogens with two attached hydrogens (primary N) is 1. The monoisotopic (exact) mass is 287 g/mol. The van der Waals surface area contributed by atoms with Gasteiger partial charge in [0.05, 0.1) is 5.69 Å². The molecule has 3 unspecified atom stereocenters. The summed E-state index contributed by atoms with van der Waals surface area (Å²) in [6, 6.07) is 2.51. The normalized spacial score (nSPS) is 42.5. The van der Waals surface area contributed by atoms with Crippen LogP contribution in [0.15, 0.2) is 6.07 Å². The molecule has 0 saturated heterocycles. The smallest absolute Gasteiger partial charge is 0.0596 e. The van der Waals surface area contributed by atoms with Crippen molar-refractivity contribution in [2.24, 2.45) is 35.4 Å². The lowest BCUT2D eigenvalue weighted by atomic mass is 9.43. The fourth-order valence-corrected chi connectivity index (χ4v) is 6.53. The highest BCUT2D eigenvalue weighted by molar-refractivity contribution is 5.15. The van der Waals surface area contributed by atoms with Gasteiger partial charge in [-0.2, -0.15) is 5.10 Å². The summed E-state index contributed by atoms with van der Waals surface area (Å²) in [7, 11) is 2.05. The Labute approximate surface area is 128 Å². The van der Waals surface area contributed by atoms with Gasteiger partial charge in [-0.25, -0.2) is 0 Å². The SMILES string of the molecule is Cc1cc(CC(N)C23CC4CC(CC(C)(C4)C2)C3)n(C)n1. The van der Waals surface area contributed by atoms with Crippen LogP contribution in [0, 0.1) is 29.6 Å². The molecule has 4 aliphatic rings. The second-order valence-corrected chi connectivity index (χ2v) is 8.85. The number of nitrogens with zero attached hydrogens (tertiary/aromatic N) is 2. The molecule has 1 aromatic heterocycles. The molecule has 5 rings (SSSR count). The second-order valence-electron chi connectivity index (χ2n) is 8.85. The zero-order valence-corrected chi connectivity index (χ0v) is 13.7. The van der Waals surface area contributed by atoms with Crippen molar-refractivity contribution in [2.45, 2.75) is 64.8 Å². The molecule has 0 aliphatic heterocycles. The minimum absolute atomic E-state index is 0.303. The van der Waals surface area contributed by atoms with Gasteiger partial charge >= 0.3 is 0 Å². The van der Waals surface area contributed by atoms with Gasteiger partial charge in [0.25, 0.3) is 0 Å². The molecule has 116 valence electrons. The van der Waals surface area contributed by atoms with E-state index in [0.717, 1.165) is 24.0 Å². The predicted molar refractivity (Wildman–Crippen MR) is 84.8 cm³/mol. The Kier molecular flexibility index (Phi) is 2.86. The third-order valence-electron chi connectivity index (χ3n) is 6.71. The molecule has 4 saturated carbocycles. The second kappa shape index (κ2) is 4.34. The number of hydrogen-bond donors (Lipinski definition) is 1. The van der Waals surface area contributed by atoms with Crippen molar-refractivity contribution < 1.29 is 0 Å². The molecule has 3 atom stereocenters. The Balaban J connectivity index is 1.59. The molecule has 1 aromatic rings. The standard InChI is InChI=1S/C18H29N3/c1-12-4-15(21(3)20-12)6-16(19)18-9-13-5-14(10-18)8-17(2,7-13)11-18/h4,13-14,16H,5-11,19H2,1-3H3. The first-order valence-corrected chi connectivity index (χ1v) is 8.63. The highest BCUT2D eigenvalue weighted by Gasteiger charge is 2.57. The van der Waals surface area contributed by atoms with Crippen molar-refractivity contribution in [1.29, 1.82) is 0 Å². The fourth-order valence-electron chi connectivity index (χ4n) is 6.53. The van der Waals surface area contributed by atoms with E-state index >= 15 is 0 Å². The van der Waals surface area contributed by atoms with E-state index in [-0.39, 0.29) is 0 Å². The average molecular weight is 287 g/mol. The first-order chi connectivity index (χ1) is 9.87. The van der Waals surface area contributed by atoms with Gasteiger partial charge < -0.3 is 5.73 Å². The van der Waals surface area contributed by atoms with Crippen molar-refractivity contribution in [1.82, 2.24) is 9.78 Å². The average Bonchev–Trinajstić information content (AvgIpc) is 2.64. The highest BCUT2D eigenvalue weighted by atomic mass is 15.3. The summed E-state index contributed by atoms with van der Waals surface area (Å²) in [6.45, 7) is 4.60. The minimum atomic E-state index is 0.303. The van der Waals surface area contributed by atoms with Crippen molar-refractivity contribution in [3.8, 4) is 0 Å². The van der Waals surface area contributed by atoms with Crippen LogP contribution in [-0.2, 0) is 13.5 Å². The van der Waals surface area contributed by atoms with E-state index in [9.17, 15) is 0 Å². The molecular formula is C18H29N3. The maximum Gasteiger partial charge on any atom is 0.0596 e. The van der Waals surface area contributed by atoms with Crippen LogP contribution >= 0.6 is 0 Å². The zero-order chi connectivity index (χ0) is 14.8. The van der Waals surface area contributed by atoms with Crippen LogP contribution in [0.2, 0.25) is 0 Å². The van der Waals surface area contributed by atoms with Crippen LogP contribution in [-0.4, -0.2) is 15.8 Å². The summed E-state index contributed by atoms with van der Waals surface area (Å²) in [5, 5.41) is 4.49. The highest BCUT2D eigenvalue weighted by Crippen LogP contribution is 2.66. The molecule has 1 heterocycles. The largest absolute Gasteiger partial charge is 0.327 e. The van der Waals surface area contributed by atoms with Gasteiger partial charge in [-0.3, -0.25) is 4.68 Å². The third kappa shape index (κ3) is 2.16. The quantitative estimate of drug-likeness (QED) is 0.927. The van der Waals surface area contributed by atoms with Gasteiger partial charge in [-0.1, -0.05) is 6.92 Å². The van der Waals surface area contributed by atoms with Crippen LogP contribution in [0.5, 0.6) is 0 Å². The van der Waals surface area contributed by atoms with Crippen LogP contribution < -0.4 is 5.73 Å². The molecule has 0 aromatic carbocycles. The molecular weight excluding hydrogens is 258 g/mol. The van der Waals surface area contributed by atoms with Crippen LogP contribution in [0.1, 0.15) is 56.8 Å². The first-order valence-electron chi connectivity index (χ1n) is 8.63. The molecule has 4 aliphatic carbocycles. The molecule has 2 N–H and O–H groups in total. The van der Waals surface area contributed by atoms with E-state index in [0.29, 0.717) is 16.9 Å². The number of rotatable bonds is 3. The van der Waals surface area contributed by atoms with Crippen molar-refractivity contribution in [2.75, 3.05) is 0 Å². The summed E-state index contributed by atoms with van der Waals surface area (Å²) in [4.78, 5) is 0. The van der Waals surface area contributed by atoms with E-state index in [1.807, 2.05) is 4.68 Å². The third-order valence-corrected chi connectivity index (χ3v) is 6.71. The van der Waals surface area contributed by atoms with E-state index in [1.54, 1.807) is 0 Å². The van der Waals surface area contributed by atoms with Gasteiger partial charge in [0, 0.05) is 25.2 Å². The molecule has 3 nitrogen and oxygen atoms in total. The summed E-state index contributed by atoms with van der Waals surface area (Å²) in [5.74, 6) is 1.91. The van der Waals surface area contributed by atoms with E-state index in [1.165, 1.54) is 44.2 Å². The molecule has 0 spiro atoms. The summed E-state index contributed by atoms with van der Waals surface area (Å²) >= 11 is 0.